The van der Waals surface area contributed by atoms with Gasteiger partial charge in [0.25, 0.3) is 0 Å². The fourth-order valence-electron chi connectivity index (χ4n) is 2.90. The summed E-state index contributed by atoms with van der Waals surface area (Å²) >= 11 is 3.60. The van der Waals surface area contributed by atoms with E-state index in [-0.39, 0.29) is 0 Å². The Bertz CT molecular complexity index is 1100. The van der Waals surface area contributed by atoms with E-state index >= 15 is 0 Å². The van der Waals surface area contributed by atoms with Gasteiger partial charge in [0.05, 0.1) is 6.61 Å². The van der Waals surface area contributed by atoms with Gasteiger partial charge in [-0.1, -0.05) is 15.9 Å². The Kier molecular flexibility index (Phi) is 5.25. The number of hydrogen-bond donors (Lipinski definition) is 2. The van der Waals surface area contributed by atoms with Crippen molar-refractivity contribution in [2.45, 2.75) is 20.1 Å². The van der Waals surface area contributed by atoms with Crippen molar-refractivity contribution in [2.75, 3.05) is 11.9 Å². The Morgan fingerprint density at radius 2 is 2.11 bits per heavy atom. The molecule has 0 radical (unpaired) electrons. The Morgan fingerprint density at radius 3 is 2.86 bits per heavy atom. The first-order valence-electron chi connectivity index (χ1n) is 8.69. The van der Waals surface area contributed by atoms with E-state index in [2.05, 4.69) is 41.9 Å². The van der Waals surface area contributed by atoms with Crippen molar-refractivity contribution in [3.8, 4) is 17.3 Å². The summed E-state index contributed by atoms with van der Waals surface area (Å²) in [5, 5.41) is 17.9. The number of ether oxygens (including phenoxy) is 1. The highest BCUT2D eigenvalue weighted by Crippen LogP contribution is 2.31. The van der Waals surface area contributed by atoms with Crippen LogP contribution in [0.4, 0.5) is 10.1 Å². The monoisotopic (exact) mass is 445 g/mol. The van der Waals surface area contributed by atoms with Crippen LogP contribution in [0.25, 0.3) is 22.6 Å². The van der Waals surface area contributed by atoms with Gasteiger partial charge >= 0.3 is 0 Å². The van der Waals surface area contributed by atoms with Crippen molar-refractivity contribution in [1.29, 1.82) is 0 Å². The third-order valence-corrected chi connectivity index (χ3v) is 4.99. The molecule has 0 saturated heterocycles. The van der Waals surface area contributed by atoms with Crippen LogP contribution in [0.15, 0.2) is 45.3 Å². The van der Waals surface area contributed by atoms with Gasteiger partial charge in [-0.3, -0.25) is 0 Å². The third kappa shape index (κ3) is 3.70. The number of nitrogens with one attached hydrogen (secondary N) is 2. The van der Waals surface area contributed by atoms with Crippen LogP contribution < -0.4 is 10.1 Å². The molecule has 0 aliphatic heterocycles. The Labute approximate surface area is 168 Å². The molecular weight excluding hydrogens is 429 g/mol. The molecule has 0 spiro atoms. The molecule has 2 aromatic carbocycles. The molecule has 28 heavy (non-hydrogen) atoms. The number of aromatic nitrogens is 4. The number of tetrazole rings is 1. The number of halogens is 2. The minimum atomic E-state index is -0.577. The maximum absolute atomic E-state index is 13.3. The van der Waals surface area contributed by atoms with E-state index in [9.17, 15) is 4.39 Å². The minimum Gasteiger partial charge on any atom is -0.493 e. The number of furan rings is 1. The molecule has 0 bridgehead atoms. The van der Waals surface area contributed by atoms with Gasteiger partial charge in [0, 0.05) is 27.7 Å². The summed E-state index contributed by atoms with van der Waals surface area (Å²) in [5.41, 5.74) is 3.07. The quantitative estimate of drug-likeness (QED) is 0.422. The maximum Gasteiger partial charge on any atom is 0.215 e. The van der Waals surface area contributed by atoms with Gasteiger partial charge in [-0.25, -0.2) is 9.49 Å². The van der Waals surface area contributed by atoms with Gasteiger partial charge < -0.3 is 14.5 Å². The standard InChI is InChI=1S/C19H17BrFN5O2/c1-2-27-16-4-3-14(5-12(16)9-21)22-10-13-8-17-11(6-15(13)20)7-18(28-17)19-23-25-26-24-19/h3-8,22H,2,9-10H2,1H3,(H,23,24,25,26). The fraction of sp³-hybridized carbons (Fsp3) is 0.211. The summed E-state index contributed by atoms with van der Waals surface area (Å²) in [5.74, 6) is 1.61. The fourth-order valence-corrected chi connectivity index (χ4v) is 3.41. The zero-order valence-corrected chi connectivity index (χ0v) is 16.6. The molecule has 0 fully saturated rings. The number of rotatable bonds is 7. The lowest BCUT2D eigenvalue weighted by molar-refractivity contribution is 0.330. The second kappa shape index (κ2) is 7.97. The van der Waals surface area contributed by atoms with E-state index < -0.39 is 6.67 Å². The summed E-state index contributed by atoms with van der Waals surface area (Å²) in [7, 11) is 0. The molecule has 9 heteroatoms. The lowest BCUT2D eigenvalue weighted by Crippen LogP contribution is -2.02. The van der Waals surface area contributed by atoms with E-state index in [0.29, 0.717) is 36.0 Å². The van der Waals surface area contributed by atoms with Crippen LogP contribution in [0.5, 0.6) is 5.75 Å². The van der Waals surface area contributed by atoms with Crippen LogP contribution in [0.3, 0.4) is 0 Å². The molecule has 7 nitrogen and oxygen atoms in total. The van der Waals surface area contributed by atoms with E-state index in [1.54, 1.807) is 12.1 Å². The highest BCUT2D eigenvalue weighted by molar-refractivity contribution is 9.10. The summed E-state index contributed by atoms with van der Waals surface area (Å²) in [6, 6.07) is 11.2. The first kappa shape index (κ1) is 18.4. The number of hydrogen-bond acceptors (Lipinski definition) is 6. The Hall–Kier alpha value is -2.94. The normalized spacial score (nSPS) is 11.1. The van der Waals surface area contributed by atoms with Crippen LogP contribution in [-0.2, 0) is 13.2 Å². The van der Waals surface area contributed by atoms with E-state index in [1.165, 1.54) is 0 Å². The molecular formula is C19H17BrFN5O2. The highest BCUT2D eigenvalue weighted by atomic mass is 79.9. The molecule has 0 aliphatic rings. The van der Waals surface area contributed by atoms with Crippen molar-refractivity contribution in [3.63, 3.8) is 0 Å². The second-order valence-electron chi connectivity index (χ2n) is 6.08. The highest BCUT2D eigenvalue weighted by Gasteiger charge is 2.12. The van der Waals surface area contributed by atoms with E-state index in [0.717, 1.165) is 26.7 Å². The third-order valence-electron chi connectivity index (χ3n) is 4.25. The molecule has 2 aromatic heterocycles. The molecule has 0 saturated carbocycles. The van der Waals surface area contributed by atoms with Gasteiger partial charge in [-0.05, 0) is 59.3 Å². The Morgan fingerprint density at radius 1 is 1.21 bits per heavy atom. The van der Waals surface area contributed by atoms with Crippen molar-refractivity contribution in [3.05, 3.63) is 52.0 Å². The molecule has 2 N–H and O–H groups in total. The lowest BCUT2D eigenvalue weighted by atomic mass is 10.1. The molecule has 4 aromatic rings. The van der Waals surface area contributed by atoms with Crippen LogP contribution in [0, 0.1) is 0 Å². The van der Waals surface area contributed by atoms with Crippen LogP contribution in [0.1, 0.15) is 18.1 Å². The van der Waals surface area contributed by atoms with Crippen LogP contribution in [-0.4, -0.2) is 27.2 Å². The van der Waals surface area contributed by atoms with Crippen molar-refractivity contribution in [1.82, 2.24) is 20.6 Å². The number of alkyl halides is 1. The average molecular weight is 446 g/mol. The molecule has 0 unspecified atom stereocenters. The number of benzene rings is 2. The zero-order chi connectivity index (χ0) is 19.5. The topological polar surface area (TPSA) is 88.9 Å². The number of aromatic amines is 1. The largest absolute Gasteiger partial charge is 0.493 e. The number of anilines is 1. The zero-order valence-electron chi connectivity index (χ0n) is 15.0. The number of H-pyrrole nitrogens is 1. The lowest BCUT2D eigenvalue weighted by Gasteiger charge is -2.12. The molecule has 0 atom stereocenters. The molecule has 2 heterocycles. The summed E-state index contributed by atoms with van der Waals surface area (Å²) < 4.78 is 25.5. The SMILES string of the molecule is CCOc1ccc(NCc2cc3oc(-c4nnn[nH]4)cc3cc2Br)cc1CF. The summed E-state index contributed by atoms with van der Waals surface area (Å²) in [6.07, 6.45) is 0. The number of nitrogens with zero attached hydrogens (tertiary/aromatic N) is 3. The van der Waals surface area contributed by atoms with Gasteiger partial charge in [0.2, 0.25) is 5.82 Å². The predicted molar refractivity (Wildman–Crippen MR) is 107 cm³/mol. The number of fused-ring (bicyclic) bond motifs is 1. The summed E-state index contributed by atoms with van der Waals surface area (Å²) in [4.78, 5) is 0. The van der Waals surface area contributed by atoms with Gasteiger partial charge in [-0.2, -0.15) is 0 Å². The predicted octanol–water partition coefficient (Wildman–Crippen LogP) is 4.86. The van der Waals surface area contributed by atoms with E-state index in [1.807, 2.05) is 31.2 Å². The Balaban J connectivity index is 1.55. The van der Waals surface area contributed by atoms with Crippen LogP contribution >= 0.6 is 15.9 Å². The maximum atomic E-state index is 13.3. The van der Waals surface area contributed by atoms with Crippen molar-refractivity contribution < 1.29 is 13.5 Å². The smallest absolute Gasteiger partial charge is 0.215 e. The second-order valence-corrected chi connectivity index (χ2v) is 6.94. The van der Waals surface area contributed by atoms with Gasteiger partial charge in [-0.15, -0.1) is 5.10 Å². The van der Waals surface area contributed by atoms with Crippen molar-refractivity contribution in [2.24, 2.45) is 0 Å². The first-order valence-corrected chi connectivity index (χ1v) is 9.49. The van der Waals surface area contributed by atoms with Gasteiger partial charge in [0.15, 0.2) is 5.76 Å². The van der Waals surface area contributed by atoms with Gasteiger partial charge in [0.1, 0.15) is 18.0 Å². The van der Waals surface area contributed by atoms with Crippen molar-refractivity contribution >= 4 is 32.6 Å². The molecule has 0 amide bonds. The first-order chi connectivity index (χ1) is 13.7. The summed E-state index contributed by atoms with van der Waals surface area (Å²) in [6.45, 7) is 2.34. The molecule has 4 rings (SSSR count). The van der Waals surface area contributed by atoms with E-state index in [4.69, 9.17) is 9.15 Å². The van der Waals surface area contributed by atoms with Crippen LogP contribution in [0.2, 0.25) is 0 Å². The minimum absolute atomic E-state index is 0.472. The molecule has 144 valence electrons. The molecule has 0 aliphatic carbocycles. The average Bonchev–Trinajstić information content (AvgIpc) is 3.36.